The van der Waals surface area contributed by atoms with Crippen LogP contribution in [-0.2, 0) is 0 Å². The highest BCUT2D eigenvalue weighted by Gasteiger charge is 2.16. The number of nitrogens with zero attached hydrogens (tertiary/aromatic N) is 5. The van der Waals surface area contributed by atoms with Crippen molar-refractivity contribution in [3.8, 4) is 0 Å². The minimum Gasteiger partial charge on any atom is -0.322 e. The number of aromatic nitrogens is 5. The van der Waals surface area contributed by atoms with Gasteiger partial charge < -0.3 is 5.32 Å². The molecule has 0 spiro atoms. The van der Waals surface area contributed by atoms with E-state index in [9.17, 15) is 4.79 Å². The number of nitrogens with one attached hydrogen (secondary N) is 1. The fourth-order valence-electron chi connectivity index (χ4n) is 2.93. The molecule has 0 aromatic carbocycles. The van der Waals surface area contributed by atoms with Crippen molar-refractivity contribution in [3.05, 3.63) is 66.2 Å². The van der Waals surface area contributed by atoms with Crippen LogP contribution in [0.15, 0.2) is 65.0 Å². The summed E-state index contributed by atoms with van der Waals surface area (Å²) < 4.78 is 1.86. The number of anilines is 1. The van der Waals surface area contributed by atoms with Gasteiger partial charge in [-0.3, -0.25) is 4.79 Å². The third-order valence-electron chi connectivity index (χ3n) is 4.33. The molecule has 1 N–H and O–H groups in total. The zero-order valence-corrected chi connectivity index (χ0v) is 17.1. The van der Waals surface area contributed by atoms with Crippen LogP contribution in [0.3, 0.4) is 0 Å². The molecule has 0 aliphatic rings. The molecule has 4 rings (SSSR count). The van der Waals surface area contributed by atoms with Gasteiger partial charge in [-0.1, -0.05) is 17.8 Å². The van der Waals surface area contributed by atoms with Crippen molar-refractivity contribution >= 4 is 34.4 Å². The lowest BCUT2D eigenvalue weighted by molar-refractivity contribution is 0.102. The minimum atomic E-state index is -0.214. The molecule has 0 aliphatic carbocycles. The second-order valence-electron chi connectivity index (χ2n) is 6.82. The average molecular weight is 404 g/mol. The van der Waals surface area contributed by atoms with E-state index < -0.39 is 0 Å². The maximum absolute atomic E-state index is 12.9. The summed E-state index contributed by atoms with van der Waals surface area (Å²) in [6.45, 7) is 5.93. The number of aryl methyl sites for hydroxylation is 1. The van der Waals surface area contributed by atoms with Gasteiger partial charge in [0.05, 0.1) is 17.5 Å². The molecule has 0 radical (unpaired) electrons. The number of carbonyl (C=O) groups is 1. The molecule has 0 aliphatic heterocycles. The van der Waals surface area contributed by atoms with Crippen LogP contribution in [0.25, 0.3) is 11.0 Å². The van der Waals surface area contributed by atoms with Gasteiger partial charge in [-0.25, -0.2) is 19.6 Å². The Kier molecular flexibility index (Phi) is 5.26. The molecule has 146 valence electrons. The number of pyridine rings is 3. The first-order chi connectivity index (χ1) is 14.0. The summed E-state index contributed by atoms with van der Waals surface area (Å²) in [7, 11) is 0. The SMILES string of the molecule is Cc1nc2c(cnn2C(C)C)cc1C(=O)Nc1ccnc(Sc2ccccn2)c1. The maximum atomic E-state index is 12.9. The summed E-state index contributed by atoms with van der Waals surface area (Å²) in [5.41, 5.74) is 2.64. The molecule has 0 bridgehead atoms. The van der Waals surface area contributed by atoms with E-state index in [0.717, 1.165) is 21.1 Å². The third kappa shape index (κ3) is 4.12. The molecule has 0 saturated carbocycles. The van der Waals surface area contributed by atoms with Crippen LogP contribution in [0.5, 0.6) is 0 Å². The Morgan fingerprint density at radius 1 is 1.10 bits per heavy atom. The summed E-state index contributed by atoms with van der Waals surface area (Å²) in [6.07, 6.45) is 5.15. The molecule has 7 nitrogen and oxygen atoms in total. The highest BCUT2D eigenvalue weighted by atomic mass is 32.2. The Bertz CT molecular complexity index is 1170. The van der Waals surface area contributed by atoms with Crippen molar-refractivity contribution in [2.24, 2.45) is 0 Å². The van der Waals surface area contributed by atoms with Gasteiger partial charge in [0, 0.05) is 29.5 Å². The molecule has 1 amide bonds. The fourth-order valence-corrected chi connectivity index (χ4v) is 3.70. The minimum absolute atomic E-state index is 0.200. The molecule has 4 aromatic rings. The molecule has 0 atom stereocenters. The molecule has 4 aromatic heterocycles. The zero-order chi connectivity index (χ0) is 20.4. The molecule has 0 fully saturated rings. The van der Waals surface area contributed by atoms with Gasteiger partial charge in [0.1, 0.15) is 10.1 Å². The summed E-state index contributed by atoms with van der Waals surface area (Å²) in [5, 5.41) is 9.76. The average Bonchev–Trinajstić information content (AvgIpc) is 3.11. The van der Waals surface area contributed by atoms with Crippen molar-refractivity contribution in [2.45, 2.75) is 36.9 Å². The van der Waals surface area contributed by atoms with E-state index in [1.165, 1.54) is 11.8 Å². The summed E-state index contributed by atoms with van der Waals surface area (Å²) in [6, 6.07) is 11.3. The van der Waals surface area contributed by atoms with Crippen LogP contribution in [0.2, 0.25) is 0 Å². The molecule has 8 heteroatoms. The highest BCUT2D eigenvalue weighted by molar-refractivity contribution is 7.99. The van der Waals surface area contributed by atoms with Gasteiger partial charge >= 0.3 is 0 Å². The quantitative estimate of drug-likeness (QED) is 0.527. The maximum Gasteiger partial charge on any atom is 0.257 e. The first-order valence-corrected chi connectivity index (χ1v) is 10.0. The molecule has 0 saturated heterocycles. The number of amides is 1. The van der Waals surface area contributed by atoms with Gasteiger partial charge in [0.25, 0.3) is 5.91 Å². The van der Waals surface area contributed by atoms with Gasteiger partial charge in [-0.2, -0.15) is 5.10 Å². The number of hydrogen-bond acceptors (Lipinski definition) is 6. The third-order valence-corrected chi connectivity index (χ3v) is 5.22. The van der Waals surface area contributed by atoms with E-state index in [1.54, 1.807) is 24.7 Å². The van der Waals surface area contributed by atoms with Crippen molar-refractivity contribution in [2.75, 3.05) is 5.32 Å². The van der Waals surface area contributed by atoms with Crippen LogP contribution in [-0.4, -0.2) is 30.6 Å². The van der Waals surface area contributed by atoms with E-state index in [2.05, 4.69) is 25.4 Å². The fraction of sp³-hybridized carbons (Fsp3) is 0.190. The van der Waals surface area contributed by atoms with Crippen LogP contribution in [0.1, 0.15) is 35.9 Å². The van der Waals surface area contributed by atoms with Crippen LogP contribution < -0.4 is 5.32 Å². The molecular formula is C21H20N6OS. The normalized spacial score (nSPS) is 11.2. The standard InChI is InChI=1S/C21H20N6OS/c1-13(2)27-20-15(12-24-27)10-17(14(3)25-20)21(28)26-16-7-9-23-19(11-16)29-18-6-4-5-8-22-18/h4-13H,1-3H3,(H,23,26,28). The van der Waals surface area contributed by atoms with Gasteiger partial charge in [-0.15, -0.1) is 0 Å². The lowest BCUT2D eigenvalue weighted by atomic mass is 10.1. The molecule has 4 heterocycles. The summed E-state index contributed by atoms with van der Waals surface area (Å²) >= 11 is 1.44. The first-order valence-electron chi connectivity index (χ1n) is 9.22. The Morgan fingerprint density at radius 3 is 2.69 bits per heavy atom. The van der Waals surface area contributed by atoms with Gasteiger partial charge in [0.2, 0.25) is 0 Å². The monoisotopic (exact) mass is 404 g/mol. The first kappa shape index (κ1) is 19.1. The number of rotatable bonds is 5. The van der Waals surface area contributed by atoms with Crippen molar-refractivity contribution in [1.29, 1.82) is 0 Å². The zero-order valence-electron chi connectivity index (χ0n) is 16.3. The van der Waals surface area contributed by atoms with Gasteiger partial charge in [0.15, 0.2) is 5.65 Å². The van der Waals surface area contributed by atoms with E-state index in [0.29, 0.717) is 16.9 Å². The summed E-state index contributed by atoms with van der Waals surface area (Å²) in [4.78, 5) is 26.1. The second kappa shape index (κ2) is 8.00. The largest absolute Gasteiger partial charge is 0.322 e. The molecule has 29 heavy (non-hydrogen) atoms. The van der Waals surface area contributed by atoms with Crippen LogP contribution in [0.4, 0.5) is 5.69 Å². The number of carbonyl (C=O) groups excluding carboxylic acids is 1. The van der Waals surface area contributed by atoms with Crippen molar-refractivity contribution in [3.63, 3.8) is 0 Å². The topological polar surface area (TPSA) is 85.6 Å². The Labute approximate surface area is 172 Å². The van der Waals surface area contributed by atoms with Gasteiger partial charge in [-0.05, 0) is 51.1 Å². The Morgan fingerprint density at radius 2 is 1.93 bits per heavy atom. The smallest absolute Gasteiger partial charge is 0.257 e. The van der Waals surface area contributed by atoms with Crippen LogP contribution in [0, 0.1) is 6.92 Å². The molecular weight excluding hydrogens is 384 g/mol. The van der Waals surface area contributed by atoms with Crippen molar-refractivity contribution < 1.29 is 4.79 Å². The lowest BCUT2D eigenvalue weighted by Crippen LogP contribution is -2.14. The second-order valence-corrected chi connectivity index (χ2v) is 7.86. The van der Waals surface area contributed by atoms with E-state index in [-0.39, 0.29) is 11.9 Å². The predicted molar refractivity (Wildman–Crippen MR) is 113 cm³/mol. The predicted octanol–water partition coefficient (Wildman–Crippen LogP) is 4.51. The highest BCUT2D eigenvalue weighted by Crippen LogP contribution is 2.26. The number of fused-ring (bicyclic) bond motifs is 1. The van der Waals surface area contributed by atoms with E-state index in [4.69, 9.17) is 0 Å². The Balaban J connectivity index is 1.56. The lowest BCUT2D eigenvalue weighted by Gasteiger charge is -2.10. The van der Waals surface area contributed by atoms with Crippen LogP contribution >= 0.6 is 11.8 Å². The summed E-state index contributed by atoms with van der Waals surface area (Å²) in [5.74, 6) is -0.214. The van der Waals surface area contributed by atoms with Crippen molar-refractivity contribution in [1.82, 2.24) is 24.7 Å². The Hall–Kier alpha value is -3.26. The number of hydrogen-bond donors (Lipinski definition) is 1. The van der Waals surface area contributed by atoms with E-state index >= 15 is 0 Å². The molecule has 0 unspecified atom stereocenters. The van der Waals surface area contributed by atoms with E-state index in [1.807, 2.05) is 55.8 Å².